The summed E-state index contributed by atoms with van der Waals surface area (Å²) in [7, 11) is -3.24. The summed E-state index contributed by atoms with van der Waals surface area (Å²) < 4.78 is 46.9. The molecule has 18 heteroatoms. The fourth-order valence-electron chi connectivity index (χ4n) is 3.79. The minimum Gasteiger partial charge on any atom is -0.759 e. The second-order valence-electron chi connectivity index (χ2n) is 8.33. The molecule has 0 amide bonds. The number of hydrogen-bond acceptors (Lipinski definition) is 16. The van der Waals surface area contributed by atoms with Crippen LogP contribution in [0.2, 0.25) is 0 Å². The van der Waals surface area contributed by atoms with Crippen molar-refractivity contribution in [1.82, 2.24) is 24.4 Å². The number of hydrogen-bond donors (Lipinski definition) is 4. The van der Waals surface area contributed by atoms with Crippen LogP contribution in [-0.2, 0) is 31.3 Å². The third kappa shape index (κ3) is 9.24. The lowest BCUT2D eigenvalue weighted by atomic mass is 10.1. The van der Waals surface area contributed by atoms with E-state index < -0.39 is 34.9 Å². The molecule has 0 aliphatic carbocycles. The first-order valence-electron chi connectivity index (χ1n) is 11.7. The Kier molecular flexibility index (Phi) is 12.0. The van der Waals surface area contributed by atoms with Crippen molar-refractivity contribution in [3.05, 3.63) is 12.2 Å². The number of rotatable bonds is 11. The van der Waals surface area contributed by atoms with Crippen molar-refractivity contribution in [3.63, 3.8) is 0 Å². The summed E-state index contributed by atoms with van der Waals surface area (Å²) in [6.07, 6.45) is -0.765. The molecule has 3 rings (SSSR count). The second kappa shape index (κ2) is 14.4. The van der Waals surface area contributed by atoms with Gasteiger partial charge in [-0.25, -0.2) is 15.0 Å². The summed E-state index contributed by atoms with van der Waals surface area (Å²) in [6, 6.07) is 0. The molecule has 38 heavy (non-hydrogen) atoms. The summed E-state index contributed by atoms with van der Waals surface area (Å²) in [6.45, 7) is 5.95. The monoisotopic (exact) mass is 562 g/mol. The maximum atomic E-state index is 10.7. The zero-order valence-corrected chi connectivity index (χ0v) is 22.2. The number of aliphatic hydroxyl groups excluding tert-OH is 2. The van der Waals surface area contributed by atoms with E-state index in [9.17, 15) is 10.2 Å². The van der Waals surface area contributed by atoms with Gasteiger partial charge in [-0.3, -0.25) is 13.0 Å². The zero-order valence-electron chi connectivity index (χ0n) is 21.3. The third-order valence-corrected chi connectivity index (χ3v) is 5.42. The van der Waals surface area contributed by atoms with Crippen LogP contribution in [0, 0.1) is 0 Å². The molecule has 17 nitrogen and oxygen atoms in total. The first-order valence-corrected chi connectivity index (χ1v) is 13.0. The van der Waals surface area contributed by atoms with Crippen LogP contribution < -0.4 is 11.5 Å². The smallest absolute Gasteiger partial charge is 0.222 e. The number of nitrogen functional groups attached to an aromatic ring is 1. The Labute approximate surface area is 220 Å². The normalized spacial score (nSPS) is 22.0. The number of imidazole rings is 1. The molecular weight excluding hydrogens is 528 g/mol. The fourth-order valence-corrected chi connectivity index (χ4v) is 3.79. The summed E-state index contributed by atoms with van der Waals surface area (Å²) >= 11 is 0. The van der Waals surface area contributed by atoms with Gasteiger partial charge in [-0.1, -0.05) is 5.16 Å². The molecule has 4 atom stereocenters. The molecule has 1 saturated heterocycles. The topological polar surface area (TPSA) is 260 Å². The van der Waals surface area contributed by atoms with Crippen LogP contribution in [0.3, 0.4) is 0 Å². The third-order valence-electron chi connectivity index (χ3n) is 5.42. The number of ether oxygens (including phenoxy) is 2. The minimum atomic E-state index is -5.17. The first kappa shape index (κ1) is 31.5. The van der Waals surface area contributed by atoms with Crippen LogP contribution in [0.4, 0.5) is 5.82 Å². The Hall–Kier alpha value is -2.71. The van der Waals surface area contributed by atoms with E-state index in [-0.39, 0.29) is 12.4 Å². The molecule has 2 aromatic heterocycles. The number of fused-ring (bicyclic) bond motifs is 1. The van der Waals surface area contributed by atoms with Gasteiger partial charge >= 0.3 is 0 Å². The average molecular weight is 563 g/mol. The van der Waals surface area contributed by atoms with E-state index in [1.807, 2.05) is 18.9 Å². The quantitative estimate of drug-likeness (QED) is 0.0590. The summed E-state index contributed by atoms with van der Waals surface area (Å²) in [4.78, 5) is 19.8. The van der Waals surface area contributed by atoms with Crippen molar-refractivity contribution < 1.29 is 42.0 Å². The van der Waals surface area contributed by atoms with Gasteiger partial charge in [0.25, 0.3) is 0 Å². The first-order chi connectivity index (χ1) is 17.9. The summed E-state index contributed by atoms with van der Waals surface area (Å²) in [5.74, 6) is 1.15. The molecule has 0 saturated carbocycles. The SMILES string of the molecule is CCO/C(C)=N\OCCCCN(C)C[C@H]1O[C@@H](n2c(CN)nc3c(N)ncnc32)[C@H](O)[C@@H]1O.O=S(=O)([O-])[O-]. The Morgan fingerprint density at radius 1 is 1.29 bits per heavy atom. The molecule has 1 fully saturated rings. The molecule has 0 spiro atoms. The summed E-state index contributed by atoms with van der Waals surface area (Å²) in [5, 5.41) is 25.2. The minimum absolute atomic E-state index is 0.0826. The Morgan fingerprint density at radius 3 is 2.61 bits per heavy atom. The zero-order chi connectivity index (χ0) is 28.5. The van der Waals surface area contributed by atoms with Crippen LogP contribution >= 0.6 is 0 Å². The fraction of sp³-hybridized carbons (Fsp3) is 0.700. The van der Waals surface area contributed by atoms with Crippen LogP contribution in [0.15, 0.2) is 11.5 Å². The van der Waals surface area contributed by atoms with Gasteiger partial charge in [-0.15, -0.1) is 0 Å². The van der Waals surface area contributed by atoms with E-state index >= 15 is 0 Å². The maximum absolute atomic E-state index is 10.7. The lowest BCUT2D eigenvalue weighted by Crippen LogP contribution is -2.39. The highest BCUT2D eigenvalue weighted by Gasteiger charge is 2.45. The van der Waals surface area contributed by atoms with Gasteiger partial charge in [0.15, 0.2) is 23.2 Å². The molecule has 0 radical (unpaired) electrons. The van der Waals surface area contributed by atoms with Gasteiger partial charge in [0, 0.05) is 23.9 Å². The maximum Gasteiger partial charge on any atom is 0.222 e. The van der Waals surface area contributed by atoms with E-state index in [2.05, 4.69) is 20.1 Å². The van der Waals surface area contributed by atoms with Crippen molar-refractivity contribution >= 4 is 33.3 Å². The average Bonchev–Trinajstić information content (AvgIpc) is 3.33. The molecule has 0 bridgehead atoms. The van der Waals surface area contributed by atoms with Crippen molar-refractivity contribution in [1.29, 1.82) is 0 Å². The Morgan fingerprint density at radius 2 is 1.97 bits per heavy atom. The molecular formula is C20H34N8O9S-2. The predicted molar refractivity (Wildman–Crippen MR) is 131 cm³/mol. The molecule has 2 aromatic rings. The van der Waals surface area contributed by atoms with Gasteiger partial charge in [0.2, 0.25) is 5.90 Å². The van der Waals surface area contributed by atoms with E-state index in [1.165, 1.54) is 6.33 Å². The predicted octanol–water partition coefficient (Wildman–Crippen LogP) is -1.75. The molecule has 1 aliphatic heterocycles. The second-order valence-corrected chi connectivity index (χ2v) is 9.15. The van der Waals surface area contributed by atoms with Crippen LogP contribution in [0.1, 0.15) is 38.7 Å². The van der Waals surface area contributed by atoms with Crippen molar-refractivity contribution in [2.75, 3.05) is 39.1 Å². The molecule has 3 heterocycles. The molecule has 216 valence electrons. The number of anilines is 1. The Bertz CT molecular complexity index is 1150. The van der Waals surface area contributed by atoms with E-state index in [0.29, 0.717) is 42.6 Å². The lowest BCUT2D eigenvalue weighted by molar-refractivity contribution is -0.0436. The van der Waals surface area contributed by atoms with Crippen LogP contribution in [0.5, 0.6) is 0 Å². The van der Waals surface area contributed by atoms with Gasteiger partial charge in [0.05, 0.1) is 13.2 Å². The number of likely N-dealkylation sites (N-methyl/N-ethyl adjacent to an activating group) is 1. The van der Waals surface area contributed by atoms with Gasteiger partial charge in [-0.2, -0.15) is 0 Å². The largest absolute Gasteiger partial charge is 0.759 e. The van der Waals surface area contributed by atoms with Crippen LogP contribution in [-0.4, -0.2) is 110 Å². The highest BCUT2D eigenvalue weighted by molar-refractivity contribution is 7.79. The van der Waals surface area contributed by atoms with Crippen molar-refractivity contribution in [2.45, 2.75) is 57.8 Å². The number of nitrogens with two attached hydrogens (primary N) is 2. The van der Waals surface area contributed by atoms with Crippen molar-refractivity contribution in [3.8, 4) is 0 Å². The standard InChI is InChI=1S/C20H34N8O5.H2O4S/c1-4-31-12(2)26-32-8-6-5-7-27(3)10-13-16(29)17(30)20(33-13)28-14(9-21)25-15-18(22)23-11-24-19(15)28;1-5(2,3)4/h11,13,16-17,20,29-30H,4-10,21H2,1-3H3,(H2,22,23,24);(H2,1,2,3,4)/p-2/b26-12-;/t13-,16-,17-,20-;/m1./s1. The van der Waals surface area contributed by atoms with Gasteiger partial charge in [0.1, 0.15) is 37.1 Å². The number of aromatic nitrogens is 4. The number of aliphatic hydroxyl groups is 2. The van der Waals surface area contributed by atoms with E-state index in [4.69, 9.17) is 43.3 Å². The van der Waals surface area contributed by atoms with Crippen LogP contribution in [0.25, 0.3) is 11.2 Å². The summed E-state index contributed by atoms with van der Waals surface area (Å²) in [5.41, 5.74) is 12.5. The molecule has 0 aromatic carbocycles. The lowest BCUT2D eigenvalue weighted by Gasteiger charge is -2.22. The van der Waals surface area contributed by atoms with Gasteiger partial charge in [-0.05, 0) is 33.4 Å². The number of nitrogens with zero attached hydrogens (tertiary/aromatic N) is 6. The molecule has 1 aliphatic rings. The Balaban J connectivity index is 0.000000926. The van der Waals surface area contributed by atoms with Crippen molar-refractivity contribution in [2.24, 2.45) is 10.9 Å². The van der Waals surface area contributed by atoms with Gasteiger partial charge < -0.3 is 50.0 Å². The molecule has 6 N–H and O–H groups in total. The highest BCUT2D eigenvalue weighted by atomic mass is 32.3. The number of oxime groups is 1. The molecule has 0 unspecified atom stereocenters. The van der Waals surface area contributed by atoms with E-state index in [1.54, 1.807) is 11.5 Å². The number of unbranched alkanes of at least 4 members (excludes halogenated alkanes) is 1. The van der Waals surface area contributed by atoms with E-state index in [0.717, 1.165) is 19.4 Å². The highest BCUT2D eigenvalue weighted by Crippen LogP contribution is 2.33.